The van der Waals surface area contributed by atoms with Crippen LogP contribution in [0.3, 0.4) is 0 Å². The van der Waals surface area contributed by atoms with Gasteiger partial charge in [0, 0.05) is 22.4 Å². The molecule has 0 unspecified atom stereocenters. The number of hydrogen-bond acceptors (Lipinski definition) is 5. The van der Waals surface area contributed by atoms with Crippen LogP contribution >= 0.6 is 0 Å². The maximum atomic E-state index is 12.4. The fourth-order valence-corrected chi connectivity index (χ4v) is 3.72. The molecule has 3 aromatic rings. The molecule has 10 heteroatoms. The van der Waals surface area contributed by atoms with Gasteiger partial charge in [0.05, 0.1) is 11.4 Å². The Bertz CT molecular complexity index is 1270. The first-order valence-electron chi connectivity index (χ1n) is 9.40. The number of anilines is 1. The number of amides is 2. The van der Waals surface area contributed by atoms with Gasteiger partial charge < -0.3 is 16.4 Å². The first-order valence-corrected chi connectivity index (χ1v) is 10.9. The molecule has 0 aliphatic rings. The van der Waals surface area contributed by atoms with Crippen molar-refractivity contribution in [3.63, 3.8) is 0 Å². The third-order valence-electron chi connectivity index (χ3n) is 4.54. The summed E-state index contributed by atoms with van der Waals surface area (Å²) in [5, 5.41) is 17.8. The third-order valence-corrected chi connectivity index (χ3v) is 5.51. The lowest BCUT2D eigenvalue weighted by Crippen LogP contribution is -2.32. The summed E-state index contributed by atoms with van der Waals surface area (Å²) in [6, 6.07) is 19.0. The Labute approximate surface area is 185 Å². The molecule has 0 aliphatic heterocycles. The van der Waals surface area contributed by atoms with Gasteiger partial charge in [-0.2, -0.15) is 0 Å². The average molecular weight is 452 g/mol. The number of carbonyl (C=O) groups excluding carboxylic acids is 2. The Hall–Kier alpha value is -4.02. The van der Waals surface area contributed by atoms with Gasteiger partial charge >= 0.3 is 0 Å². The number of rotatable bonds is 7. The molecule has 0 saturated heterocycles. The lowest BCUT2D eigenvalue weighted by Gasteiger charge is -2.10. The van der Waals surface area contributed by atoms with Crippen LogP contribution in [0.1, 0.15) is 15.9 Å². The van der Waals surface area contributed by atoms with E-state index in [0.29, 0.717) is 27.9 Å². The Morgan fingerprint density at radius 1 is 0.875 bits per heavy atom. The molecular weight excluding hydrogens is 430 g/mol. The van der Waals surface area contributed by atoms with Crippen molar-refractivity contribution in [1.29, 1.82) is 5.41 Å². The first-order chi connectivity index (χ1) is 15.1. The second-order valence-electron chi connectivity index (χ2n) is 6.84. The van der Waals surface area contributed by atoms with E-state index in [1.807, 2.05) is 0 Å². The Kier molecular flexibility index (Phi) is 6.67. The van der Waals surface area contributed by atoms with E-state index in [1.54, 1.807) is 54.6 Å². The number of sulfonamides is 1. The normalized spacial score (nSPS) is 10.9. The van der Waals surface area contributed by atoms with E-state index in [9.17, 15) is 18.0 Å². The number of nitrogen functional groups attached to an aromatic ring is 1. The number of nitrogens with two attached hydrogens (primary N) is 2. The van der Waals surface area contributed by atoms with E-state index < -0.39 is 21.8 Å². The minimum Gasteiger partial charge on any atom is -0.384 e. The van der Waals surface area contributed by atoms with Crippen molar-refractivity contribution in [2.24, 2.45) is 10.9 Å². The first kappa shape index (κ1) is 22.7. The molecule has 164 valence electrons. The minimum absolute atomic E-state index is 0.00907. The molecule has 0 heterocycles. The van der Waals surface area contributed by atoms with Gasteiger partial charge in [-0.3, -0.25) is 15.0 Å². The van der Waals surface area contributed by atoms with Crippen molar-refractivity contribution in [2.75, 3.05) is 11.9 Å². The van der Waals surface area contributed by atoms with E-state index in [1.165, 1.54) is 18.2 Å². The zero-order valence-corrected chi connectivity index (χ0v) is 17.6. The molecule has 0 atom stereocenters. The fourth-order valence-electron chi connectivity index (χ4n) is 2.96. The summed E-state index contributed by atoms with van der Waals surface area (Å²) in [7, 11) is -3.90. The highest BCUT2D eigenvalue weighted by atomic mass is 32.2. The summed E-state index contributed by atoms with van der Waals surface area (Å²) in [5.41, 5.74) is 7.74. The fraction of sp³-hybridized carbons (Fsp3) is 0.0455. The largest absolute Gasteiger partial charge is 0.384 e. The zero-order valence-electron chi connectivity index (χ0n) is 16.8. The van der Waals surface area contributed by atoms with Crippen LogP contribution < -0.4 is 21.5 Å². The third kappa shape index (κ3) is 5.56. The summed E-state index contributed by atoms with van der Waals surface area (Å²) >= 11 is 0. The molecule has 3 aromatic carbocycles. The lowest BCUT2D eigenvalue weighted by atomic mass is 10.0. The molecule has 0 radical (unpaired) electrons. The summed E-state index contributed by atoms with van der Waals surface area (Å²) in [6.45, 7) is -0.247. The van der Waals surface area contributed by atoms with Gasteiger partial charge in [-0.1, -0.05) is 30.3 Å². The summed E-state index contributed by atoms with van der Waals surface area (Å²) < 4.78 is 23.6. The molecular formula is C22H21N5O4S. The number of hydrogen-bond donors (Lipinski definition) is 5. The van der Waals surface area contributed by atoms with Crippen LogP contribution in [0.25, 0.3) is 11.1 Å². The van der Waals surface area contributed by atoms with Crippen LogP contribution in [0.5, 0.6) is 0 Å². The molecule has 32 heavy (non-hydrogen) atoms. The Balaban J connectivity index is 1.62. The molecule has 9 nitrogen and oxygen atoms in total. The van der Waals surface area contributed by atoms with Crippen LogP contribution in [0.2, 0.25) is 0 Å². The monoisotopic (exact) mass is 451 g/mol. The van der Waals surface area contributed by atoms with Gasteiger partial charge in [0.2, 0.25) is 15.9 Å². The van der Waals surface area contributed by atoms with Gasteiger partial charge in [-0.05, 0) is 48.0 Å². The van der Waals surface area contributed by atoms with Crippen molar-refractivity contribution < 1.29 is 18.0 Å². The maximum absolute atomic E-state index is 12.4. The highest BCUT2D eigenvalue weighted by Gasteiger charge is 2.15. The molecule has 0 fully saturated rings. The SMILES string of the molecule is N=C(N)c1ccc(NC(=O)CNC(=O)c2ccc(-c3ccccc3S(N)(=O)=O)cc2)cc1. The van der Waals surface area contributed by atoms with Gasteiger partial charge in [0.15, 0.2) is 0 Å². The van der Waals surface area contributed by atoms with Gasteiger partial charge in [0.25, 0.3) is 5.91 Å². The van der Waals surface area contributed by atoms with Gasteiger partial charge in [-0.25, -0.2) is 13.6 Å². The Morgan fingerprint density at radius 3 is 2.06 bits per heavy atom. The van der Waals surface area contributed by atoms with E-state index >= 15 is 0 Å². The van der Waals surface area contributed by atoms with Crippen molar-refractivity contribution in [3.8, 4) is 11.1 Å². The highest BCUT2D eigenvalue weighted by molar-refractivity contribution is 7.89. The average Bonchev–Trinajstić information content (AvgIpc) is 2.77. The topological polar surface area (TPSA) is 168 Å². The number of benzene rings is 3. The molecule has 0 aromatic heterocycles. The van der Waals surface area contributed by atoms with Crippen molar-refractivity contribution in [2.45, 2.75) is 4.90 Å². The number of carbonyl (C=O) groups is 2. The minimum atomic E-state index is -3.90. The van der Waals surface area contributed by atoms with Crippen LogP contribution in [-0.2, 0) is 14.8 Å². The van der Waals surface area contributed by atoms with E-state index in [2.05, 4.69) is 10.6 Å². The van der Waals surface area contributed by atoms with E-state index in [0.717, 1.165) is 0 Å². The summed E-state index contributed by atoms with van der Waals surface area (Å²) in [6.07, 6.45) is 0. The number of amidine groups is 1. The van der Waals surface area contributed by atoms with E-state index in [-0.39, 0.29) is 17.3 Å². The highest BCUT2D eigenvalue weighted by Crippen LogP contribution is 2.26. The van der Waals surface area contributed by atoms with Crippen LogP contribution in [0.15, 0.2) is 77.7 Å². The smallest absolute Gasteiger partial charge is 0.251 e. The molecule has 2 amide bonds. The molecule has 3 rings (SSSR count). The van der Waals surface area contributed by atoms with Crippen molar-refractivity contribution in [3.05, 3.63) is 83.9 Å². The number of nitrogens with one attached hydrogen (secondary N) is 3. The molecule has 0 bridgehead atoms. The van der Waals surface area contributed by atoms with Crippen molar-refractivity contribution in [1.82, 2.24) is 5.32 Å². The standard InChI is InChI=1S/C22H21N5O4S/c23-21(24)15-9-11-17(12-10-15)27-20(28)13-26-22(29)16-7-5-14(6-8-16)18-3-1-2-4-19(18)32(25,30)31/h1-12H,13H2,(H3,23,24)(H,26,29)(H,27,28)(H2,25,30,31). The molecule has 7 N–H and O–H groups in total. The molecule has 0 aliphatic carbocycles. The summed E-state index contributed by atoms with van der Waals surface area (Å²) in [5.74, 6) is -0.958. The van der Waals surface area contributed by atoms with Crippen LogP contribution in [0.4, 0.5) is 5.69 Å². The van der Waals surface area contributed by atoms with Gasteiger partial charge in [-0.15, -0.1) is 0 Å². The zero-order chi connectivity index (χ0) is 23.3. The predicted molar refractivity (Wildman–Crippen MR) is 122 cm³/mol. The van der Waals surface area contributed by atoms with E-state index in [4.69, 9.17) is 16.3 Å². The van der Waals surface area contributed by atoms with Crippen molar-refractivity contribution >= 4 is 33.4 Å². The predicted octanol–water partition coefficient (Wildman–Crippen LogP) is 1.65. The lowest BCUT2D eigenvalue weighted by molar-refractivity contribution is -0.115. The molecule has 0 saturated carbocycles. The maximum Gasteiger partial charge on any atom is 0.251 e. The second kappa shape index (κ2) is 9.41. The molecule has 0 spiro atoms. The second-order valence-corrected chi connectivity index (χ2v) is 8.37. The number of primary sulfonamides is 1. The Morgan fingerprint density at radius 2 is 1.47 bits per heavy atom. The van der Waals surface area contributed by atoms with Gasteiger partial charge in [0.1, 0.15) is 5.84 Å². The summed E-state index contributed by atoms with van der Waals surface area (Å²) in [4.78, 5) is 24.4. The van der Waals surface area contributed by atoms with Crippen LogP contribution in [0, 0.1) is 5.41 Å². The van der Waals surface area contributed by atoms with Crippen LogP contribution in [-0.4, -0.2) is 32.6 Å². The quantitative estimate of drug-likeness (QED) is 0.271.